The Morgan fingerprint density at radius 1 is 0.755 bits per heavy atom. The van der Waals surface area contributed by atoms with Gasteiger partial charge in [-0.25, -0.2) is 9.59 Å². The Morgan fingerprint density at radius 2 is 1.45 bits per heavy atom. The summed E-state index contributed by atoms with van der Waals surface area (Å²) in [4.78, 5) is 25.4. The molecule has 0 spiro atoms. The van der Waals surface area contributed by atoms with Gasteiger partial charge >= 0.3 is 12.0 Å². The molecule has 1 fully saturated rings. The number of para-hydroxylation sites is 1. The minimum absolute atomic E-state index is 0.0588. The maximum Gasteiger partial charge on any atom is 0.336 e. The Balaban J connectivity index is 1.16. The van der Waals surface area contributed by atoms with Gasteiger partial charge in [-0.05, 0) is 71.8 Å². The monoisotopic (exact) mass is 676 g/mol. The summed E-state index contributed by atoms with van der Waals surface area (Å²) in [6.07, 6.45) is -1.41. The molecule has 4 atom stereocenters. The maximum atomic E-state index is 12.9. The van der Waals surface area contributed by atoms with Gasteiger partial charge < -0.3 is 35.1 Å². The largest absolute Gasteiger partial charge is 0.478 e. The van der Waals surface area contributed by atoms with Gasteiger partial charge in [0.15, 0.2) is 6.29 Å². The number of aromatic carboxylic acids is 1. The number of rotatable bonds is 11. The van der Waals surface area contributed by atoms with Gasteiger partial charge in [0.2, 0.25) is 0 Å². The van der Waals surface area contributed by atoms with E-state index in [0.717, 1.165) is 16.9 Å². The topological polar surface area (TPSA) is 126 Å². The molecule has 0 radical (unpaired) electrons. The Labute approximate surface area is 288 Å². The zero-order valence-electron chi connectivity index (χ0n) is 26.7. The number of amides is 2. The highest BCUT2D eigenvalue weighted by atomic mass is 32.2. The summed E-state index contributed by atoms with van der Waals surface area (Å²) >= 11 is 1.43. The predicted octanol–water partition coefficient (Wildman–Crippen LogP) is 8.90. The molecule has 0 saturated carbocycles. The van der Waals surface area contributed by atoms with Crippen LogP contribution in [0.1, 0.15) is 46.4 Å². The lowest BCUT2D eigenvalue weighted by Crippen LogP contribution is -2.38. The van der Waals surface area contributed by atoms with Crippen molar-refractivity contribution in [3.63, 3.8) is 0 Å². The van der Waals surface area contributed by atoms with Gasteiger partial charge in [0.1, 0.15) is 11.5 Å². The minimum atomic E-state index is -0.980. The fourth-order valence-corrected chi connectivity index (χ4v) is 6.75. The summed E-state index contributed by atoms with van der Waals surface area (Å²) in [6.45, 7) is 1.99. The molecular weight excluding hydrogens is 641 g/mol. The Bertz CT molecular complexity index is 1870. The molecular formula is C39H36N2O7S. The summed E-state index contributed by atoms with van der Waals surface area (Å²) in [5.74, 6) is 0.799. The number of nitrogens with one attached hydrogen (secondary N) is 2. The number of carbonyl (C=O) groups excluding carboxylic acids is 1. The Morgan fingerprint density at radius 3 is 2.18 bits per heavy atom. The lowest BCUT2D eigenvalue weighted by molar-refractivity contribution is -0.268. The number of anilines is 2. The number of urea groups is 1. The van der Waals surface area contributed by atoms with Crippen molar-refractivity contribution in [1.82, 2.24) is 0 Å². The van der Waals surface area contributed by atoms with Gasteiger partial charge in [0.25, 0.3) is 0 Å². The number of carboxylic acid groups (broad SMARTS) is 1. The predicted molar refractivity (Wildman–Crippen MR) is 189 cm³/mol. The Kier molecular flexibility index (Phi) is 10.9. The summed E-state index contributed by atoms with van der Waals surface area (Å²) in [7, 11) is 0. The first-order valence-electron chi connectivity index (χ1n) is 15.8. The van der Waals surface area contributed by atoms with Crippen molar-refractivity contribution >= 4 is 35.1 Å². The minimum Gasteiger partial charge on any atom is -0.478 e. The Hall–Kier alpha value is -5.13. The maximum absolute atomic E-state index is 12.9. The van der Waals surface area contributed by atoms with E-state index in [1.165, 1.54) is 11.8 Å². The average Bonchev–Trinajstić information content (AvgIpc) is 3.12. The van der Waals surface area contributed by atoms with Gasteiger partial charge in [-0.3, -0.25) is 0 Å². The van der Waals surface area contributed by atoms with E-state index in [2.05, 4.69) is 17.6 Å². The lowest BCUT2D eigenvalue weighted by Gasteiger charge is -2.41. The van der Waals surface area contributed by atoms with Crippen molar-refractivity contribution in [2.45, 2.75) is 36.9 Å². The number of carbonyl (C=O) groups is 2. The summed E-state index contributed by atoms with van der Waals surface area (Å²) in [6, 6.07) is 38.0. The van der Waals surface area contributed by atoms with Gasteiger partial charge in [0.05, 0.1) is 24.4 Å². The SMILES string of the molecule is C[C@H]1[C@@H](CSc2ccccc2C(=O)O)O[C@@H](c2cccc(NC(=O)Nc3ccc(Oc4ccccc4)cc3)c2)O[C@H]1c1ccc(CO)cc1. The molecule has 10 heteroatoms. The van der Waals surface area contributed by atoms with Crippen LogP contribution in [0.4, 0.5) is 16.2 Å². The second-order valence-corrected chi connectivity index (χ2v) is 12.6. The molecule has 1 heterocycles. The highest BCUT2D eigenvalue weighted by Crippen LogP contribution is 2.43. The van der Waals surface area contributed by atoms with E-state index in [1.807, 2.05) is 78.9 Å². The molecule has 5 aromatic carbocycles. The van der Waals surface area contributed by atoms with Crippen LogP contribution in [0.3, 0.4) is 0 Å². The third-order valence-electron chi connectivity index (χ3n) is 8.15. The molecule has 1 saturated heterocycles. The van der Waals surface area contributed by atoms with Gasteiger partial charge in [-0.2, -0.15) is 0 Å². The molecule has 250 valence electrons. The third-order valence-corrected chi connectivity index (χ3v) is 9.31. The van der Waals surface area contributed by atoms with Crippen molar-refractivity contribution in [1.29, 1.82) is 0 Å². The van der Waals surface area contributed by atoms with Crippen LogP contribution in [0.2, 0.25) is 0 Å². The van der Waals surface area contributed by atoms with E-state index in [1.54, 1.807) is 48.5 Å². The first-order valence-corrected chi connectivity index (χ1v) is 16.8. The van der Waals surface area contributed by atoms with E-state index < -0.39 is 18.3 Å². The van der Waals surface area contributed by atoms with Crippen molar-refractivity contribution in [2.75, 3.05) is 16.4 Å². The van der Waals surface area contributed by atoms with Crippen LogP contribution in [-0.2, 0) is 16.1 Å². The first-order chi connectivity index (χ1) is 23.9. The van der Waals surface area contributed by atoms with Gasteiger partial charge in [0, 0.05) is 33.5 Å². The molecule has 0 unspecified atom stereocenters. The summed E-state index contributed by atoms with van der Waals surface area (Å²) < 4.78 is 18.9. The molecule has 4 N–H and O–H groups in total. The summed E-state index contributed by atoms with van der Waals surface area (Å²) in [5.41, 5.74) is 3.84. The fourth-order valence-electron chi connectivity index (χ4n) is 5.54. The molecule has 0 aliphatic carbocycles. The second kappa shape index (κ2) is 15.8. The molecule has 2 amide bonds. The zero-order valence-corrected chi connectivity index (χ0v) is 27.5. The molecule has 5 aromatic rings. The second-order valence-electron chi connectivity index (χ2n) is 11.6. The number of aliphatic hydroxyl groups excluding tert-OH is 1. The highest BCUT2D eigenvalue weighted by Gasteiger charge is 2.38. The number of benzene rings is 5. The smallest absolute Gasteiger partial charge is 0.336 e. The number of thioether (sulfide) groups is 1. The van der Waals surface area contributed by atoms with E-state index in [4.69, 9.17) is 14.2 Å². The van der Waals surface area contributed by atoms with E-state index in [0.29, 0.717) is 33.3 Å². The van der Waals surface area contributed by atoms with E-state index >= 15 is 0 Å². The first kappa shape index (κ1) is 33.8. The number of hydrogen-bond donors (Lipinski definition) is 4. The van der Waals surface area contributed by atoms with Crippen LogP contribution in [0.5, 0.6) is 11.5 Å². The molecule has 0 aromatic heterocycles. The van der Waals surface area contributed by atoms with Crippen LogP contribution < -0.4 is 15.4 Å². The molecule has 49 heavy (non-hydrogen) atoms. The van der Waals surface area contributed by atoms with Crippen LogP contribution in [0, 0.1) is 5.92 Å². The van der Waals surface area contributed by atoms with Crippen molar-refractivity contribution in [2.24, 2.45) is 5.92 Å². The van der Waals surface area contributed by atoms with E-state index in [-0.39, 0.29) is 30.3 Å². The number of aliphatic hydroxyl groups is 1. The zero-order chi connectivity index (χ0) is 34.2. The van der Waals surface area contributed by atoms with E-state index in [9.17, 15) is 19.8 Å². The third kappa shape index (κ3) is 8.67. The molecule has 6 rings (SSSR count). The van der Waals surface area contributed by atoms with Crippen LogP contribution in [0.25, 0.3) is 0 Å². The van der Waals surface area contributed by atoms with Crippen molar-refractivity contribution in [3.8, 4) is 11.5 Å². The molecule has 0 bridgehead atoms. The number of carboxylic acids is 1. The average molecular weight is 677 g/mol. The lowest BCUT2D eigenvalue weighted by atomic mass is 9.91. The highest BCUT2D eigenvalue weighted by molar-refractivity contribution is 7.99. The van der Waals surface area contributed by atoms with Gasteiger partial charge in [-0.1, -0.05) is 73.7 Å². The van der Waals surface area contributed by atoms with Gasteiger partial charge in [-0.15, -0.1) is 11.8 Å². The van der Waals surface area contributed by atoms with Crippen LogP contribution in [-0.4, -0.2) is 34.1 Å². The normalized spacial score (nSPS) is 18.7. The van der Waals surface area contributed by atoms with Crippen LogP contribution >= 0.6 is 11.8 Å². The fraction of sp³-hybridized carbons (Fsp3) is 0.179. The standard InChI is InChI=1S/C39H36N2O7S/c1-25-34(24-49-35-13-6-5-12-33(35)37(43)44)47-38(48-36(25)27-16-14-26(23-42)15-17-27)28-8-7-9-30(22-28)41-39(45)40-29-18-20-32(21-19-29)46-31-10-3-2-4-11-31/h2-22,25,34,36,38,42H,23-24H2,1H3,(H,43,44)(H2,40,41,45)/t25-,34+,36+,38+/m0/s1. The van der Waals surface area contributed by atoms with Crippen molar-refractivity contribution < 1.29 is 34.0 Å². The number of ether oxygens (including phenoxy) is 3. The summed E-state index contributed by atoms with van der Waals surface area (Å²) in [5, 5.41) is 25.0. The molecule has 1 aliphatic rings. The molecule has 9 nitrogen and oxygen atoms in total. The van der Waals surface area contributed by atoms with Crippen LogP contribution in [0.15, 0.2) is 132 Å². The number of hydrogen-bond acceptors (Lipinski definition) is 7. The van der Waals surface area contributed by atoms with Crippen molar-refractivity contribution in [3.05, 3.63) is 150 Å². The molecule has 1 aliphatic heterocycles. The quantitative estimate of drug-likeness (QED) is 0.102.